The molecule has 5 aromatic rings. The molecule has 0 fully saturated rings. The third kappa shape index (κ3) is 3.77. The number of alkyl halides is 3. The summed E-state index contributed by atoms with van der Waals surface area (Å²) in [6.07, 6.45) is -4.37. The molecule has 0 saturated heterocycles. The number of rotatable bonds is 4. The molecule has 0 atom stereocenters. The summed E-state index contributed by atoms with van der Waals surface area (Å²) >= 11 is 2.99. The molecule has 0 N–H and O–H groups in total. The van der Waals surface area contributed by atoms with Crippen LogP contribution in [0.25, 0.3) is 43.6 Å². The summed E-state index contributed by atoms with van der Waals surface area (Å²) in [5, 5.41) is 4.00. The quantitative estimate of drug-likeness (QED) is 0.299. The molecule has 10 heteroatoms. The van der Waals surface area contributed by atoms with Gasteiger partial charge >= 0.3 is 6.18 Å². The zero-order valence-corrected chi connectivity index (χ0v) is 18.0. The van der Waals surface area contributed by atoms with Gasteiger partial charge in [-0.05, 0) is 31.5 Å². The van der Waals surface area contributed by atoms with Crippen LogP contribution >= 0.6 is 22.7 Å². The predicted octanol–water partition coefficient (Wildman–Crippen LogP) is 6.72. The normalized spacial score (nSPS) is 12.2. The number of benzene rings is 1. The zero-order valence-electron chi connectivity index (χ0n) is 16.4. The van der Waals surface area contributed by atoms with E-state index in [1.54, 1.807) is 29.0 Å². The van der Waals surface area contributed by atoms with Crippen LogP contribution in [0.1, 0.15) is 10.6 Å². The molecule has 5 nitrogen and oxygen atoms in total. The highest BCUT2D eigenvalue weighted by Gasteiger charge is 2.31. The van der Waals surface area contributed by atoms with Gasteiger partial charge in [-0.1, -0.05) is 29.4 Å². The number of aryl methyl sites for hydroxylation is 2. The number of nitrogens with zero attached hydrogens (tertiary/aromatic N) is 4. The van der Waals surface area contributed by atoms with Crippen molar-refractivity contribution in [3.05, 3.63) is 52.5 Å². The lowest BCUT2D eigenvalue weighted by molar-refractivity contribution is -0.139. The van der Waals surface area contributed by atoms with Crippen LogP contribution in [-0.2, 0) is 6.54 Å². The largest absolute Gasteiger partial charge is 0.406 e. The van der Waals surface area contributed by atoms with Gasteiger partial charge in [-0.3, -0.25) is 0 Å². The van der Waals surface area contributed by atoms with Crippen molar-refractivity contribution in [3.8, 4) is 33.4 Å². The molecule has 0 unspecified atom stereocenters. The SMILES string of the molecule is Cc1cc2c(cc(-c3nc(-c4ccc(-c5scnc5C)cc4)no3)n2CC(F)(F)F)s1. The van der Waals surface area contributed by atoms with Crippen LogP contribution in [0.2, 0.25) is 0 Å². The minimum absolute atomic E-state index is 0.0580. The minimum atomic E-state index is -4.37. The van der Waals surface area contributed by atoms with E-state index < -0.39 is 12.7 Å². The number of thiazole rings is 1. The van der Waals surface area contributed by atoms with Crippen molar-refractivity contribution in [1.82, 2.24) is 19.7 Å². The van der Waals surface area contributed by atoms with Crippen molar-refractivity contribution in [2.45, 2.75) is 26.6 Å². The average molecular weight is 461 g/mol. The number of halogens is 3. The number of hydrogen-bond acceptors (Lipinski definition) is 6. The van der Waals surface area contributed by atoms with Crippen LogP contribution in [-0.4, -0.2) is 25.9 Å². The monoisotopic (exact) mass is 460 g/mol. The Morgan fingerprint density at radius 3 is 2.48 bits per heavy atom. The Hall–Kier alpha value is -2.98. The highest BCUT2D eigenvalue weighted by molar-refractivity contribution is 7.19. The van der Waals surface area contributed by atoms with Gasteiger partial charge in [-0.2, -0.15) is 18.2 Å². The van der Waals surface area contributed by atoms with Crippen molar-refractivity contribution in [1.29, 1.82) is 0 Å². The molecule has 5 rings (SSSR count). The van der Waals surface area contributed by atoms with Crippen LogP contribution in [0.15, 0.2) is 46.4 Å². The lowest BCUT2D eigenvalue weighted by atomic mass is 10.1. The van der Waals surface area contributed by atoms with Crippen molar-refractivity contribution in [2.24, 2.45) is 0 Å². The highest BCUT2D eigenvalue weighted by atomic mass is 32.1. The average Bonchev–Trinajstić information content (AvgIpc) is 3.47. The number of aromatic nitrogens is 4. The molecule has 158 valence electrons. The third-order valence-corrected chi connectivity index (χ3v) is 6.81. The van der Waals surface area contributed by atoms with Gasteiger partial charge in [0.25, 0.3) is 5.89 Å². The molecule has 0 spiro atoms. The summed E-state index contributed by atoms with van der Waals surface area (Å²) in [5.41, 5.74) is 5.27. The Morgan fingerprint density at radius 2 is 1.81 bits per heavy atom. The Kier molecular flexibility index (Phi) is 4.71. The molecule has 0 bridgehead atoms. The summed E-state index contributed by atoms with van der Waals surface area (Å²) in [7, 11) is 0. The molecule has 0 radical (unpaired) electrons. The first-order chi connectivity index (χ1) is 14.8. The van der Waals surface area contributed by atoms with Crippen LogP contribution in [0, 0.1) is 13.8 Å². The second kappa shape index (κ2) is 7.31. The van der Waals surface area contributed by atoms with Crippen molar-refractivity contribution in [3.63, 3.8) is 0 Å². The maximum Gasteiger partial charge on any atom is 0.406 e. The van der Waals surface area contributed by atoms with Crippen LogP contribution in [0.5, 0.6) is 0 Å². The lowest BCUT2D eigenvalue weighted by Gasteiger charge is -2.10. The summed E-state index contributed by atoms with van der Waals surface area (Å²) in [6.45, 7) is 2.70. The summed E-state index contributed by atoms with van der Waals surface area (Å²) in [6, 6.07) is 11.0. The molecule has 0 aliphatic carbocycles. The number of fused-ring (bicyclic) bond motifs is 1. The fraction of sp³-hybridized carbons (Fsp3) is 0.190. The van der Waals surface area contributed by atoms with E-state index in [0.717, 1.165) is 25.7 Å². The van der Waals surface area contributed by atoms with Crippen molar-refractivity contribution >= 4 is 32.9 Å². The van der Waals surface area contributed by atoms with E-state index in [1.807, 2.05) is 38.1 Å². The van der Waals surface area contributed by atoms with Crippen molar-refractivity contribution < 1.29 is 17.7 Å². The molecular weight excluding hydrogens is 445 g/mol. The van der Waals surface area contributed by atoms with Gasteiger partial charge in [0.05, 0.1) is 26.3 Å². The van der Waals surface area contributed by atoms with Crippen molar-refractivity contribution in [2.75, 3.05) is 0 Å². The van der Waals surface area contributed by atoms with E-state index in [2.05, 4.69) is 15.1 Å². The van der Waals surface area contributed by atoms with E-state index in [-0.39, 0.29) is 11.6 Å². The second-order valence-corrected chi connectivity index (χ2v) is 9.25. The van der Waals surface area contributed by atoms with E-state index in [1.165, 1.54) is 15.9 Å². The standard InChI is InChI=1S/C21H15F3N4OS2/c1-11-7-15-17(31-11)8-16(28(15)9-21(22,23)24)20-26-19(27-29-20)14-5-3-13(4-6-14)18-12(2)25-10-30-18/h3-8,10H,9H2,1-2H3. The molecular formula is C21H15F3N4OS2. The lowest BCUT2D eigenvalue weighted by Crippen LogP contribution is -2.18. The molecule has 31 heavy (non-hydrogen) atoms. The van der Waals surface area contributed by atoms with E-state index in [4.69, 9.17) is 4.52 Å². The Labute approximate surface area is 182 Å². The van der Waals surface area contributed by atoms with E-state index in [0.29, 0.717) is 16.9 Å². The summed E-state index contributed by atoms with van der Waals surface area (Å²) in [4.78, 5) is 10.7. The fourth-order valence-electron chi connectivity index (χ4n) is 3.49. The molecule has 1 aromatic carbocycles. The smallest absolute Gasteiger partial charge is 0.332 e. The Bertz CT molecular complexity index is 1380. The zero-order chi connectivity index (χ0) is 21.8. The van der Waals surface area contributed by atoms with Crippen LogP contribution < -0.4 is 0 Å². The van der Waals surface area contributed by atoms with E-state index in [9.17, 15) is 13.2 Å². The highest BCUT2D eigenvalue weighted by Crippen LogP contribution is 2.36. The topological polar surface area (TPSA) is 56.7 Å². The number of hydrogen-bond donors (Lipinski definition) is 0. The Morgan fingerprint density at radius 1 is 1.06 bits per heavy atom. The number of thiophene rings is 1. The molecule has 0 saturated carbocycles. The van der Waals surface area contributed by atoms with Gasteiger partial charge in [0.1, 0.15) is 12.2 Å². The van der Waals surface area contributed by atoms with Crippen LogP contribution in [0.3, 0.4) is 0 Å². The molecule has 4 heterocycles. The molecule has 0 aliphatic heterocycles. The maximum atomic E-state index is 13.2. The van der Waals surface area contributed by atoms with Gasteiger partial charge in [-0.15, -0.1) is 22.7 Å². The van der Waals surface area contributed by atoms with Gasteiger partial charge in [0.15, 0.2) is 0 Å². The first-order valence-electron chi connectivity index (χ1n) is 9.30. The minimum Gasteiger partial charge on any atom is -0.332 e. The Balaban J connectivity index is 1.51. The van der Waals surface area contributed by atoms with Gasteiger partial charge < -0.3 is 9.09 Å². The summed E-state index contributed by atoms with van der Waals surface area (Å²) < 4.78 is 46.9. The first-order valence-corrected chi connectivity index (χ1v) is 11.0. The van der Waals surface area contributed by atoms with E-state index >= 15 is 0 Å². The molecule has 4 aromatic heterocycles. The predicted molar refractivity (Wildman–Crippen MR) is 115 cm³/mol. The molecule has 0 aliphatic rings. The van der Waals surface area contributed by atoms with Crippen LogP contribution in [0.4, 0.5) is 13.2 Å². The molecule has 0 amide bonds. The van der Waals surface area contributed by atoms with Gasteiger partial charge in [0.2, 0.25) is 5.82 Å². The van der Waals surface area contributed by atoms with Gasteiger partial charge in [0, 0.05) is 10.4 Å². The first kappa shape index (κ1) is 20.0. The second-order valence-electron chi connectivity index (χ2n) is 7.10. The summed E-state index contributed by atoms with van der Waals surface area (Å²) in [5.74, 6) is 0.379. The third-order valence-electron chi connectivity index (χ3n) is 4.85. The van der Waals surface area contributed by atoms with Gasteiger partial charge in [-0.25, -0.2) is 4.98 Å². The maximum absolute atomic E-state index is 13.2. The fourth-order valence-corrected chi connectivity index (χ4v) is 5.26.